The fourth-order valence-corrected chi connectivity index (χ4v) is 0.617. The zero-order valence-corrected chi connectivity index (χ0v) is 4.55. The highest BCUT2D eigenvalue weighted by molar-refractivity contribution is 7.33. The van der Waals surface area contributed by atoms with Gasteiger partial charge in [0.15, 0.2) is 0 Å². The number of hydrogen-bond donors (Lipinski definition) is 0. The summed E-state index contributed by atoms with van der Waals surface area (Å²) in [6.45, 7) is 0. The van der Waals surface area contributed by atoms with Crippen molar-refractivity contribution in [2.45, 2.75) is 0 Å². The van der Waals surface area contributed by atoms with Crippen LogP contribution in [-0.2, 0) is 4.57 Å². The summed E-state index contributed by atoms with van der Waals surface area (Å²) in [5, 5.41) is 0. The van der Waals surface area contributed by atoms with E-state index in [1.54, 1.807) is 12.1 Å². The Hall–Kier alpha value is -0.620. The molecular formula is C4H4O2P+. The van der Waals surface area contributed by atoms with Gasteiger partial charge in [0.2, 0.25) is 0 Å². The Kier molecular flexibility index (Phi) is 1.23. The van der Waals surface area contributed by atoms with E-state index in [-0.39, 0.29) is 0 Å². The van der Waals surface area contributed by atoms with Gasteiger partial charge in [-0.25, -0.2) is 0 Å². The topological polar surface area (TPSA) is 30.2 Å². The Labute approximate surface area is 42.3 Å². The molecule has 1 atom stereocenters. The molecule has 2 nitrogen and oxygen atoms in total. The lowest BCUT2D eigenvalue weighted by atomic mass is 10.7. The van der Waals surface area contributed by atoms with Gasteiger partial charge in [-0.1, -0.05) is 4.57 Å². The quantitative estimate of drug-likeness (QED) is 0.509. The van der Waals surface area contributed by atoms with Crippen molar-refractivity contribution in [3.8, 4) is 0 Å². The number of furan rings is 1. The fraction of sp³-hybridized carbons (Fsp3) is 0. The third kappa shape index (κ3) is 0.875. The average molecular weight is 115 g/mol. The number of rotatable bonds is 1. The van der Waals surface area contributed by atoms with Gasteiger partial charge in [0.25, 0.3) is 0 Å². The summed E-state index contributed by atoms with van der Waals surface area (Å²) in [5.41, 5.74) is 0.528. The molecule has 1 aromatic heterocycles. The molecule has 0 amide bonds. The van der Waals surface area contributed by atoms with Gasteiger partial charge in [-0.15, -0.1) is 0 Å². The van der Waals surface area contributed by atoms with E-state index in [0.717, 1.165) is 0 Å². The molecule has 36 valence electrons. The molecule has 0 N–H and O–H groups in total. The van der Waals surface area contributed by atoms with Gasteiger partial charge < -0.3 is 4.42 Å². The fourth-order valence-electron chi connectivity index (χ4n) is 0.337. The zero-order chi connectivity index (χ0) is 5.11. The molecule has 7 heavy (non-hydrogen) atoms. The zero-order valence-electron chi connectivity index (χ0n) is 3.55. The van der Waals surface area contributed by atoms with Crippen LogP contribution in [0.15, 0.2) is 22.8 Å². The second-order valence-electron chi connectivity index (χ2n) is 1.08. The smallest absolute Gasteiger partial charge is 0.402 e. The molecule has 1 unspecified atom stereocenters. The molecule has 1 aromatic rings. The molecular weight excluding hydrogens is 111 g/mol. The van der Waals surface area contributed by atoms with Crippen molar-refractivity contribution in [3.05, 3.63) is 18.4 Å². The first-order chi connectivity index (χ1) is 3.43. The number of hydrogen-bond acceptors (Lipinski definition) is 2. The largest absolute Gasteiger partial charge is 0.427 e. The Morgan fingerprint density at radius 1 is 1.71 bits per heavy atom. The maximum Gasteiger partial charge on any atom is 0.402 e. The van der Waals surface area contributed by atoms with Gasteiger partial charge in [0.05, 0.1) is 6.26 Å². The van der Waals surface area contributed by atoms with Crippen molar-refractivity contribution in [2.24, 2.45) is 0 Å². The molecule has 0 aliphatic heterocycles. The van der Waals surface area contributed by atoms with Crippen molar-refractivity contribution < 1.29 is 8.98 Å². The highest BCUT2D eigenvalue weighted by Crippen LogP contribution is 1.93. The van der Waals surface area contributed by atoms with Crippen molar-refractivity contribution >= 4 is 14.0 Å². The highest BCUT2D eigenvalue weighted by atomic mass is 31.1. The normalized spacial score (nSPS) is 9.71. The van der Waals surface area contributed by atoms with Crippen molar-refractivity contribution in [2.75, 3.05) is 0 Å². The van der Waals surface area contributed by atoms with Crippen molar-refractivity contribution in [3.63, 3.8) is 0 Å². The third-order valence-electron chi connectivity index (χ3n) is 0.622. The monoisotopic (exact) mass is 115 g/mol. The first-order valence-electron chi connectivity index (χ1n) is 1.85. The summed E-state index contributed by atoms with van der Waals surface area (Å²) in [6.07, 6.45) is 1.50. The van der Waals surface area contributed by atoms with Crippen molar-refractivity contribution in [1.29, 1.82) is 0 Å². The van der Waals surface area contributed by atoms with Gasteiger partial charge in [0.1, 0.15) is 0 Å². The van der Waals surface area contributed by atoms with E-state index in [2.05, 4.69) is 4.42 Å². The molecule has 3 heteroatoms. The van der Waals surface area contributed by atoms with Gasteiger partial charge in [0, 0.05) is 6.07 Å². The molecule has 1 heterocycles. The molecule has 0 bridgehead atoms. The van der Waals surface area contributed by atoms with Crippen LogP contribution in [0.1, 0.15) is 0 Å². The first-order valence-corrected chi connectivity index (χ1v) is 2.76. The average Bonchev–Trinajstić information content (AvgIpc) is 2.14. The standard InChI is InChI=1S/C4H3O2P/c5-7-4-2-1-3-6-4/h1-3H/p+1. The molecule has 0 aliphatic carbocycles. The lowest BCUT2D eigenvalue weighted by Gasteiger charge is -1.57. The molecule has 0 radical (unpaired) electrons. The van der Waals surface area contributed by atoms with Gasteiger partial charge in [-0.3, -0.25) is 0 Å². The summed E-state index contributed by atoms with van der Waals surface area (Å²) >= 11 is 0. The summed E-state index contributed by atoms with van der Waals surface area (Å²) in [7, 11) is -0.462. The predicted octanol–water partition coefficient (Wildman–Crippen LogP) is 0.929. The van der Waals surface area contributed by atoms with Crippen LogP contribution in [0.25, 0.3) is 0 Å². The van der Waals surface area contributed by atoms with Crippen LogP contribution < -0.4 is 5.50 Å². The molecule has 0 spiro atoms. The Balaban J connectivity index is 2.96. The van der Waals surface area contributed by atoms with E-state index >= 15 is 0 Å². The van der Waals surface area contributed by atoms with Crippen LogP contribution in [0.2, 0.25) is 0 Å². The minimum Gasteiger partial charge on any atom is -0.427 e. The lowest BCUT2D eigenvalue weighted by Crippen LogP contribution is -1.77. The van der Waals surface area contributed by atoms with Crippen molar-refractivity contribution in [1.82, 2.24) is 0 Å². The molecule has 0 saturated heterocycles. The minimum absolute atomic E-state index is 0.462. The molecule has 0 aromatic carbocycles. The van der Waals surface area contributed by atoms with Crippen LogP contribution in [0.4, 0.5) is 0 Å². The van der Waals surface area contributed by atoms with Crippen LogP contribution in [0.5, 0.6) is 0 Å². The summed E-state index contributed by atoms with van der Waals surface area (Å²) in [6, 6.07) is 3.38. The maximum atomic E-state index is 9.93. The molecule has 0 aliphatic rings. The first kappa shape index (κ1) is 4.54. The minimum atomic E-state index is -0.462. The van der Waals surface area contributed by atoms with Gasteiger partial charge >= 0.3 is 14.0 Å². The van der Waals surface area contributed by atoms with E-state index < -0.39 is 8.46 Å². The Morgan fingerprint density at radius 2 is 2.57 bits per heavy atom. The second kappa shape index (κ2) is 1.90. The highest BCUT2D eigenvalue weighted by Gasteiger charge is 1.97. The summed E-state index contributed by atoms with van der Waals surface area (Å²) in [5.74, 6) is 0. The second-order valence-corrected chi connectivity index (χ2v) is 1.78. The lowest BCUT2D eigenvalue weighted by molar-refractivity contribution is 0.577. The molecule has 1 rings (SSSR count). The van der Waals surface area contributed by atoms with Crippen LogP contribution in [0, 0.1) is 0 Å². The van der Waals surface area contributed by atoms with Crippen LogP contribution >= 0.6 is 8.46 Å². The molecule has 0 saturated carbocycles. The van der Waals surface area contributed by atoms with E-state index in [1.807, 2.05) is 0 Å². The summed E-state index contributed by atoms with van der Waals surface area (Å²) in [4.78, 5) is 0. The SMILES string of the molecule is O=[PH+]c1ccco1. The predicted molar refractivity (Wildman–Crippen MR) is 27.3 cm³/mol. The Bertz CT molecular complexity index is 145. The van der Waals surface area contributed by atoms with Gasteiger partial charge in [-0.05, 0) is 6.07 Å². The van der Waals surface area contributed by atoms with E-state index in [1.165, 1.54) is 6.26 Å². The van der Waals surface area contributed by atoms with Crippen LogP contribution in [-0.4, -0.2) is 0 Å². The van der Waals surface area contributed by atoms with E-state index in [9.17, 15) is 4.57 Å². The third-order valence-corrected chi connectivity index (χ3v) is 1.11. The van der Waals surface area contributed by atoms with Crippen LogP contribution in [0.3, 0.4) is 0 Å². The molecule has 0 fully saturated rings. The maximum absolute atomic E-state index is 9.93. The summed E-state index contributed by atoms with van der Waals surface area (Å²) < 4.78 is 14.6. The van der Waals surface area contributed by atoms with Gasteiger partial charge in [-0.2, -0.15) is 0 Å². The van der Waals surface area contributed by atoms with E-state index in [4.69, 9.17) is 0 Å². The Morgan fingerprint density at radius 3 is 2.86 bits per heavy atom. The van der Waals surface area contributed by atoms with E-state index in [0.29, 0.717) is 5.50 Å².